The van der Waals surface area contributed by atoms with Gasteiger partial charge in [-0.2, -0.15) is 0 Å². The first-order valence-electron chi connectivity index (χ1n) is 7.56. The van der Waals surface area contributed by atoms with Gasteiger partial charge in [0, 0.05) is 5.92 Å². The van der Waals surface area contributed by atoms with E-state index < -0.39 is 10.0 Å². The summed E-state index contributed by atoms with van der Waals surface area (Å²) in [6.45, 7) is 2.13. The molecule has 0 saturated carbocycles. The minimum Gasteiger partial charge on any atom is -0.505 e. The molecule has 1 aromatic heterocycles. The van der Waals surface area contributed by atoms with Crippen molar-refractivity contribution in [3.63, 3.8) is 0 Å². The lowest BCUT2D eigenvalue weighted by atomic mass is 10.2. The van der Waals surface area contributed by atoms with Gasteiger partial charge in [0.15, 0.2) is 0 Å². The molecule has 0 amide bonds. The van der Waals surface area contributed by atoms with Gasteiger partial charge in [-0.05, 0) is 34.1 Å². The molecule has 27 heavy (non-hydrogen) atoms. The number of benzene rings is 1. The molecule has 1 heterocycles. The van der Waals surface area contributed by atoms with Crippen molar-refractivity contribution in [1.29, 1.82) is 0 Å². The highest BCUT2D eigenvalue weighted by Gasteiger charge is 2.23. The third-order valence-corrected chi connectivity index (χ3v) is 5.87. The average Bonchev–Trinajstić information content (AvgIpc) is 2.62. The first kappa shape index (κ1) is 21.7. The summed E-state index contributed by atoms with van der Waals surface area (Å²) in [5.41, 5.74) is 0. The van der Waals surface area contributed by atoms with Crippen LogP contribution in [-0.2, 0) is 14.8 Å². The van der Waals surface area contributed by atoms with Gasteiger partial charge in [0.1, 0.15) is 9.50 Å². The number of ether oxygens (including phenoxy) is 2. The topological polar surface area (TPSA) is 90.4 Å². The van der Waals surface area contributed by atoms with Gasteiger partial charge in [0.05, 0.1) is 36.2 Å². The molecule has 1 atom stereocenters. The number of hydrogen-bond donors (Lipinski definition) is 1. The van der Waals surface area contributed by atoms with Crippen LogP contribution >= 0.6 is 39.1 Å². The molecular weight excluding hydrogens is 481 g/mol. The summed E-state index contributed by atoms with van der Waals surface area (Å²) < 4.78 is 38.5. The molecule has 0 aliphatic rings. The van der Waals surface area contributed by atoms with Crippen LogP contribution in [0.2, 0.25) is 10.0 Å². The van der Waals surface area contributed by atoms with Crippen molar-refractivity contribution in [3.05, 3.63) is 51.4 Å². The van der Waals surface area contributed by atoms with E-state index in [1.807, 2.05) is 6.92 Å². The highest BCUT2D eigenvalue weighted by Crippen LogP contribution is 2.31. The number of methoxy groups -OCH3 is 1. The summed E-state index contributed by atoms with van der Waals surface area (Å²) in [6, 6.07) is 4.31. The Morgan fingerprint density at radius 3 is 2.81 bits per heavy atom. The second-order valence-corrected chi connectivity index (χ2v) is 8.60. The van der Waals surface area contributed by atoms with E-state index in [0.717, 1.165) is 0 Å². The molecule has 146 valence electrons. The standard InChI is InChI=1S/C16H16BrCl2N3O4S/c1-10(6-7-25-2)9-26-16-15(20-8-13(17)21-16)22-27(23,24)12-5-3-4-11(18)14(12)19/h3-8,10H,9H2,1-2H3,(H,20,22)/b7-6-. The molecule has 11 heteroatoms. The molecule has 1 aromatic carbocycles. The second-order valence-electron chi connectivity index (χ2n) is 5.36. The fraction of sp³-hybridized carbons (Fsp3) is 0.250. The fourth-order valence-corrected chi connectivity index (χ4v) is 3.91. The van der Waals surface area contributed by atoms with Crippen molar-refractivity contribution in [2.24, 2.45) is 5.92 Å². The van der Waals surface area contributed by atoms with Gasteiger partial charge < -0.3 is 9.47 Å². The van der Waals surface area contributed by atoms with Crippen molar-refractivity contribution in [3.8, 4) is 5.88 Å². The molecule has 0 aliphatic carbocycles. The monoisotopic (exact) mass is 495 g/mol. The Kier molecular flexibility index (Phi) is 7.72. The van der Waals surface area contributed by atoms with E-state index >= 15 is 0 Å². The van der Waals surface area contributed by atoms with Crippen molar-refractivity contribution < 1.29 is 17.9 Å². The smallest absolute Gasteiger partial charge is 0.264 e. The van der Waals surface area contributed by atoms with Crippen LogP contribution in [0.25, 0.3) is 0 Å². The molecule has 0 aliphatic heterocycles. The maximum atomic E-state index is 12.7. The van der Waals surface area contributed by atoms with Crippen LogP contribution in [-0.4, -0.2) is 32.1 Å². The normalized spacial score (nSPS) is 12.8. The molecule has 0 bridgehead atoms. The Balaban J connectivity index is 2.28. The highest BCUT2D eigenvalue weighted by molar-refractivity contribution is 9.10. The van der Waals surface area contributed by atoms with Gasteiger partial charge in [0.2, 0.25) is 5.82 Å². The second kappa shape index (κ2) is 9.59. The van der Waals surface area contributed by atoms with Gasteiger partial charge in [0.25, 0.3) is 15.9 Å². The third kappa shape index (κ3) is 5.97. The molecule has 1 unspecified atom stereocenters. The van der Waals surface area contributed by atoms with Crippen LogP contribution in [0, 0.1) is 5.92 Å². The fourth-order valence-electron chi connectivity index (χ4n) is 1.87. The Morgan fingerprint density at radius 2 is 2.11 bits per heavy atom. The van der Waals surface area contributed by atoms with E-state index in [1.54, 1.807) is 6.08 Å². The number of nitrogens with zero attached hydrogens (tertiary/aromatic N) is 2. The maximum Gasteiger partial charge on any atom is 0.264 e. The maximum absolute atomic E-state index is 12.7. The molecule has 0 spiro atoms. The predicted molar refractivity (Wildman–Crippen MR) is 108 cm³/mol. The molecule has 2 aromatic rings. The van der Waals surface area contributed by atoms with Crippen LogP contribution in [0.4, 0.5) is 5.82 Å². The predicted octanol–water partition coefficient (Wildman–Crippen LogP) is 4.52. The summed E-state index contributed by atoms with van der Waals surface area (Å²) in [5.74, 6) is -0.0570. The minimum absolute atomic E-state index is 0.00226. The lowest BCUT2D eigenvalue weighted by molar-refractivity contribution is 0.269. The molecule has 1 N–H and O–H groups in total. The van der Waals surface area contributed by atoms with Crippen LogP contribution in [0.1, 0.15) is 6.92 Å². The Morgan fingerprint density at radius 1 is 1.37 bits per heavy atom. The quantitative estimate of drug-likeness (QED) is 0.540. The SMILES string of the molecule is CO/C=C\C(C)COc1nc(Br)cnc1NS(=O)(=O)c1cccc(Cl)c1Cl. The van der Waals surface area contributed by atoms with E-state index in [0.29, 0.717) is 4.60 Å². The number of aromatic nitrogens is 2. The molecule has 0 fully saturated rings. The summed E-state index contributed by atoms with van der Waals surface area (Å²) in [7, 11) is -2.51. The van der Waals surface area contributed by atoms with Crippen molar-refractivity contribution in [2.75, 3.05) is 18.4 Å². The van der Waals surface area contributed by atoms with Gasteiger partial charge in [-0.1, -0.05) is 36.2 Å². The van der Waals surface area contributed by atoms with Crippen molar-refractivity contribution in [1.82, 2.24) is 9.97 Å². The Bertz CT molecular complexity index is 941. The van der Waals surface area contributed by atoms with E-state index in [1.165, 1.54) is 37.8 Å². The molecule has 0 radical (unpaired) electrons. The molecule has 7 nitrogen and oxygen atoms in total. The number of nitrogens with one attached hydrogen (secondary N) is 1. The average molecular weight is 497 g/mol. The minimum atomic E-state index is -4.05. The van der Waals surface area contributed by atoms with Gasteiger partial charge in [-0.25, -0.2) is 18.4 Å². The zero-order valence-electron chi connectivity index (χ0n) is 14.3. The van der Waals surface area contributed by atoms with E-state index in [4.69, 9.17) is 32.7 Å². The number of rotatable bonds is 8. The zero-order valence-corrected chi connectivity index (χ0v) is 18.2. The van der Waals surface area contributed by atoms with Crippen LogP contribution in [0.15, 0.2) is 46.2 Å². The zero-order chi connectivity index (χ0) is 20.0. The third-order valence-electron chi connectivity index (χ3n) is 3.17. The summed E-state index contributed by atoms with van der Waals surface area (Å²) in [4.78, 5) is 7.99. The van der Waals surface area contributed by atoms with Gasteiger partial charge in [-0.15, -0.1) is 0 Å². The molecule has 2 rings (SSSR count). The molecule has 0 saturated heterocycles. The number of halogens is 3. The first-order valence-corrected chi connectivity index (χ1v) is 10.6. The largest absolute Gasteiger partial charge is 0.505 e. The number of anilines is 1. The van der Waals surface area contributed by atoms with E-state index in [2.05, 4.69) is 30.6 Å². The molecular formula is C16H16BrCl2N3O4S. The Labute approximate surface area is 175 Å². The van der Waals surface area contributed by atoms with E-state index in [9.17, 15) is 8.42 Å². The summed E-state index contributed by atoms with van der Waals surface area (Å²) in [5, 5.41) is 0.0363. The first-order chi connectivity index (χ1) is 12.7. The van der Waals surface area contributed by atoms with Crippen LogP contribution in [0.5, 0.6) is 5.88 Å². The summed E-state index contributed by atoms with van der Waals surface area (Å²) in [6.07, 6.45) is 4.67. The van der Waals surface area contributed by atoms with E-state index in [-0.39, 0.29) is 39.2 Å². The summed E-state index contributed by atoms with van der Waals surface area (Å²) >= 11 is 15.1. The number of sulfonamides is 1. The lowest BCUT2D eigenvalue weighted by Crippen LogP contribution is -2.17. The lowest BCUT2D eigenvalue weighted by Gasteiger charge is -2.14. The Hall–Kier alpha value is -1.55. The van der Waals surface area contributed by atoms with Crippen LogP contribution in [0.3, 0.4) is 0 Å². The highest BCUT2D eigenvalue weighted by atomic mass is 79.9. The number of hydrogen-bond acceptors (Lipinski definition) is 6. The van der Waals surface area contributed by atoms with Crippen molar-refractivity contribution >= 4 is 55.0 Å². The van der Waals surface area contributed by atoms with Gasteiger partial charge >= 0.3 is 0 Å². The van der Waals surface area contributed by atoms with Crippen molar-refractivity contribution in [2.45, 2.75) is 11.8 Å². The van der Waals surface area contributed by atoms with Crippen LogP contribution < -0.4 is 9.46 Å². The van der Waals surface area contributed by atoms with Gasteiger partial charge in [-0.3, -0.25) is 4.72 Å².